The number of aromatic nitrogens is 6. The summed E-state index contributed by atoms with van der Waals surface area (Å²) in [4.78, 5) is 17.0. The van der Waals surface area contributed by atoms with E-state index in [0.29, 0.717) is 23.3 Å². The van der Waals surface area contributed by atoms with Gasteiger partial charge in [0.15, 0.2) is 0 Å². The van der Waals surface area contributed by atoms with Gasteiger partial charge in [0.05, 0.1) is 0 Å². The summed E-state index contributed by atoms with van der Waals surface area (Å²) in [7, 11) is 1.79. The predicted molar refractivity (Wildman–Crippen MR) is 77.2 cm³/mol. The molecule has 110 valence electrons. The molecule has 0 aromatic carbocycles. The molecule has 0 amide bonds. The first-order chi connectivity index (χ1) is 10.3. The first kappa shape index (κ1) is 12.5. The van der Waals surface area contributed by atoms with Crippen molar-refractivity contribution >= 4 is 11.9 Å². The van der Waals surface area contributed by atoms with Crippen LogP contribution < -0.4 is 10.6 Å². The molecule has 0 saturated heterocycles. The summed E-state index contributed by atoms with van der Waals surface area (Å²) in [6, 6.07) is 0. The molecule has 0 unspecified atom stereocenters. The lowest BCUT2D eigenvalue weighted by Gasteiger charge is -2.15. The van der Waals surface area contributed by atoms with E-state index in [1.807, 2.05) is 0 Å². The van der Waals surface area contributed by atoms with Gasteiger partial charge in [-0.05, 0) is 37.0 Å². The van der Waals surface area contributed by atoms with Crippen molar-refractivity contribution in [3.63, 3.8) is 0 Å². The third-order valence-corrected chi connectivity index (χ3v) is 4.41. The molecule has 2 N–H and O–H groups in total. The molecule has 2 fully saturated rings. The maximum atomic E-state index is 4.42. The van der Waals surface area contributed by atoms with E-state index < -0.39 is 0 Å². The fourth-order valence-corrected chi connectivity index (χ4v) is 2.81. The van der Waals surface area contributed by atoms with Gasteiger partial charge in [-0.15, -0.1) is 0 Å². The molecule has 2 aromatic heterocycles. The highest BCUT2D eigenvalue weighted by molar-refractivity contribution is 5.37. The standard InChI is InChI=1S/C13H18N8/c1-14-10-18-11(16-6-13(4-5-13)9-2-3-9)20-12(19-10)21-8-15-7-17-21/h7-9H,2-6H2,1H3,(H2,14,16,18,19,20). The maximum Gasteiger partial charge on any atom is 0.258 e. The lowest BCUT2D eigenvalue weighted by atomic mass is 10.0. The Hall–Kier alpha value is -2.25. The molecule has 8 nitrogen and oxygen atoms in total. The maximum absolute atomic E-state index is 4.42. The number of nitrogens with one attached hydrogen (secondary N) is 2. The van der Waals surface area contributed by atoms with Crippen molar-refractivity contribution in [1.82, 2.24) is 29.7 Å². The molecule has 4 rings (SSSR count). The van der Waals surface area contributed by atoms with Crippen LogP contribution in [-0.2, 0) is 0 Å². The summed E-state index contributed by atoms with van der Waals surface area (Å²) in [6.45, 7) is 0.946. The van der Waals surface area contributed by atoms with E-state index in [2.05, 4.69) is 35.7 Å². The number of nitrogens with zero attached hydrogens (tertiary/aromatic N) is 6. The van der Waals surface area contributed by atoms with E-state index >= 15 is 0 Å². The summed E-state index contributed by atoms with van der Waals surface area (Å²) >= 11 is 0. The molecule has 0 radical (unpaired) electrons. The zero-order valence-corrected chi connectivity index (χ0v) is 12.0. The largest absolute Gasteiger partial charge is 0.357 e. The number of anilines is 2. The average Bonchev–Trinajstić information content (AvgIpc) is 3.43. The highest BCUT2D eigenvalue weighted by Crippen LogP contribution is 2.61. The Kier molecular flexibility index (Phi) is 2.76. The molecule has 0 aliphatic heterocycles. The second kappa shape index (κ2) is 4.64. The van der Waals surface area contributed by atoms with Gasteiger partial charge in [-0.3, -0.25) is 0 Å². The van der Waals surface area contributed by atoms with Crippen LogP contribution in [0.5, 0.6) is 0 Å². The van der Waals surface area contributed by atoms with Gasteiger partial charge in [-0.2, -0.15) is 24.7 Å². The predicted octanol–water partition coefficient (Wildman–Crippen LogP) is 1.10. The van der Waals surface area contributed by atoms with Gasteiger partial charge in [0.25, 0.3) is 5.95 Å². The Labute approximate surface area is 122 Å². The molecule has 2 heterocycles. The van der Waals surface area contributed by atoms with Gasteiger partial charge in [0.2, 0.25) is 11.9 Å². The highest BCUT2D eigenvalue weighted by atomic mass is 15.4. The SMILES string of the molecule is CNc1nc(NCC2(C3CC3)CC2)nc(-n2cncn2)n1. The summed E-state index contributed by atoms with van der Waals surface area (Å²) < 4.78 is 1.53. The molecule has 21 heavy (non-hydrogen) atoms. The molecule has 8 heteroatoms. The Morgan fingerprint density at radius 3 is 2.67 bits per heavy atom. The molecule has 0 bridgehead atoms. The van der Waals surface area contributed by atoms with Crippen LogP contribution >= 0.6 is 0 Å². The van der Waals surface area contributed by atoms with Crippen molar-refractivity contribution in [2.45, 2.75) is 25.7 Å². The van der Waals surface area contributed by atoms with Gasteiger partial charge in [-0.1, -0.05) is 0 Å². The van der Waals surface area contributed by atoms with Crippen LogP contribution in [0.2, 0.25) is 0 Å². The zero-order chi connectivity index (χ0) is 14.3. The van der Waals surface area contributed by atoms with Crippen LogP contribution in [0.3, 0.4) is 0 Å². The van der Waals surface area contributed by atoms with E-state index in [-0.39, 0.29) is 0 Å². The first-order valence-electron chi connectivity index (χ1n) is 7.32. The Morgan fingerprint density at radius 2 is 2.05 bits per heavy atom. The van der Waals surface area contributed by atoms with E-state index in [1.54, 1.807) is 13.4 Å². The summed E-state index contributed by atoms with van der Waals surface area (Å²) in [6.07, 6.45) is 8.44. The lowest BCUT2D eigenvalue weighted by Crippen LogP contribution is -2.20. The quantitative estimate of drug-likeness (QED) is 0.821. The van der Waals surface area contributed by atoms with Crippen LogP contribution in [-0.4, -0.2) is 43.3 Å². The number of hydrogen-bond donors (Lipinski definition) is 2. The molecule has 0 spiro atoms. The molecule has 0 atom stereocenters. The van der Waals surface area contributed by atoms with Crippen molar-refractivity contribution in [3.8, 4) is 5.95 Å². The van der Waals surface area contributed by atoms with Gasteiger partial charge in [0, 0.05) is 13.6 Å². The minimum absolute atomic E-state index is 0.464. The molecule has 2 aromatic rings. The summed E-state index contributed by atoms with van der Waals surface area (Å²) in [5.74, 6) is 2.48. The molecular formula is C13H18N8. The molecule has 2 aliphatic rings. The van der Waals surface area contributed by atoms with Gasteiger partial charge < -0.3 is 10.6 Å². The average molecular weight is 286 g/mol. The normalized spacial score (nSPS) is 19.3. The number of rotatable bonds is 6. The summed E-state index contributed by atoms with van der Waals surface area (Å²) in [5, 5.41) is 10.4. The van der Waals surface area contributed by atoms with Crippen LogP contribution in [0.4, 0.5) is 11.9 Å². The van der Waals surface area contributed by atoms with Crippen molar-refractivity contribution in [1.29, 1.82) is 0 Å². The van der Waals surface area contributed by atoms with Crippen molar-refractivity contribution in [2.24, 2.45) is 11.3 Å². The van der Waals surface area contributed by atoms with Crippen molar-refractivity contribution < 1.29 is 0 Å². The monoisotopic (exact) mass is 286 g/mol. The topological polar surface area (TPSA) is 93.4 Å². The smallest absolute Gasteiger partial charge is 0.258 e. The minimum Gasteiger partial charge on any atom is -0.357 e. The molecule has 2 aliphatic carbocycles. The van der Waals surface area contributed by atoms with Gasteiger partial charge in [0.1, 0.15) is 12.7 Å². The fourth-order valence-electron chi connectivity index (χ4n) is 2.81. The Bertz CT molecular complexity index is 630. The van der Waals surface area contributed by atoms with Crippen molar-refractivity contribution in [2.75, 3.05) is 24.2 Å². The molecule has 2 saturated carbocycles. The first-order valence-corrected chi connectivity index (χ1v) is 7.32. The highest BCUT2D eigenvalue weighted by Gasteiger charge is 2.53. The second-order valence-electron chi connectivity index (χ2n) is 5.86. The summed E-state index contributed by atoms with van der Waals surface area (Å²) in [5.41, 5.74) is 0.500. The van der Waals surface area contributed by atoms with Crippen LogP contribution in [0, 0.1) is 11.3 Å². The fraction of sp³-hybridized carbons (Fsp3) is 0.615. The minimum atomic E-state index is 0.464. The van der Waals surface area contributed by atoms with Crippen LogP contribution in [0.15, 0.2) is 12.7 Å². The van der Waals surface area contributed by atoms with E-state index in [9.17, 15) is 0 Å². The Morgan fingerprint density at radius 1 is 1.24 bits per heavy atom. The lowest BCUT2D eigenvalue weighted by molar-refractivity contribution is 0.465. The second-order valence-corrected chi connectivity index (χ2v) is 5.86. The number of hydrogen-bond acceptors (Lipinski definition) is 7. The van der Waals surface area contributed by atoms with Gasteiger partial charge >= 0.3 is 0 Å². The third kappa shape index (κ3) is 2.41. The van der Waals surface area contributed by atoms with Crippen LogP contribution in [0.1, 0.15) is 25.7 Å². The zero-order valence-electron chi connectivity index (χ0n) is 12.0. The van der Waals surface area contributed by atoms with Crippen LogP contribution in [0.25, 0.3) is 5.95 Å². The van der Waals surface area contributed by atoms with Crippen molar-refractivity contribution in [3.05, 3.63) is 12.7 Å². The third-order valence-electron chi connectivity index (χ3n) is 4.41. The van der Waals surface area contributed by atoms with E-state index in [1.165, 1.54) is 36.7 Å². The van der Waals surface area contributed by atoms with E-state index in [4.69, 9.17) is 0 Å². The van der Waals surface area contributed by atoms with E-state index in [0.717, 1.165) is 12.5 Å². The van der Waals surface area contributed by atoms with Gasteiger partial charge in [-0.25, -0.2) is 4.98 Å². The molecular weight excluding hydrogens is 268 g/mol. The Balaban J connectivity index is 1.55.